The first kappa shape index (κ1) is 15.0. The number of nitrogens with zero attached hydrogens (tertiary/aromatic N) is 3. The van der Waals surface area contributed by atoms with Crippen LogP contribution in [-0.2, 0) is 6.54 Å². The van der Waals surface area contributed by atoms with Crippen LogP contribution in [0.5, 0.6) is 0 Å². The average Bonchev–Trinajstić information content (AvgIpc) is 2.44. The fourth-order valence-corrected chi connectivity index (χ4v) is 1.99. The van der Waals surface area contributed by atoms with Gasteiger partial charge in [0.25, 0.3) is 0 Å². The first-order valence-electron chi connectivity index (χ1n) is 6.26. The molecule has 0 aliphatic rings. The van der Waals surface area contributed by atoms with Gasteiger partial charge in [-0.05, 0) is 25.1 Å². The first-order chi connectivity index (χ1) is 10.0. The molecule has 110 valence electrons. The highest BCUT2D eigenvalue weighted by atomic mass is 35.5. The van der Waals surface area contributed by atoms with Crippen LogP contribution in [0, 0.1) is 10.1 Å². The fraction of sp³-hybridized carbons (Fsp3) is 0.231. The summed E-state index contributed by atoms with van der Waals surface area (Å²) in [5, 5.41) is 14.2. The summed E-state index contributed by atoms with van der Waals surface area (Å²) in [7, 11) is 0. The summed E-state index contributed by atoms with van der Waals surface area (Å²) in [4.78, 5) is 26.3. The molecule has 0 aliphatic carbocycles. The number of anilines is 1. The lowest BCUT2D eigenvalue weighted by atomic mass is 10.3. The number of nitro groups is 1. The molecule has 2 aromatic rings. The molecule has 21 heavy (non-hydrogen) atoms. The number of hydrogen-bond donors (Lipinski definition) is 1. The number of pyridine rings is 2. The fourth-order valence-electron chi connectivity index (χ4n) is 1.82. The molecule has 2 heterocycles. The quantitative estimate of drug-likeness (QED) is 0.676. The number of halogens is 1. The van der Waals surface area contributed by atoms with Crippen molar-refractivity contribution in [3.8, 4) is 0 Å². The van der Waals surface area contributed by atoms with Crippen LogP contribution in [0.1, 0.15) is 12.6 Å². The van der Waals surface area contributed by atoms with Gasteiger partial charge < -0.3 is 9.88 Å². The summed E-state index contributed by atoms with van der Waals surface area (Å²) in [5.41, 5.74) is -0.691. The van der Waals surface area contributed by atoms with E-state index in [0.29, 0.717) is 23.1 Å². The van der Waals surface area contributed by atoms with Crippen molar-refractivity contribution < 1.29 is 4.92 Å². The first-order valence-corrected chi connectivity index (χ1v) is 6.64. The second kappa shape index (κ2) is 6.36. The Kier molecular flexibility index (Phi) is 4.54. The zero-order valence-electron chi connectivity index (χ0n) is 11.2. The minimum Gasteiger partial charge on any atom is -0.370 e. The molecule has 2 aromatic heterocycles. The van der Waals surface area contributed by atoms with Crippen LogP contribution in [0.2, 0.25) is 5.02 Å². The van der Waals surface area contributed by atoms with E-state index in [-0.39, 0.29) is 6.54 Å². The molecule has 0 unspecified atom stereocenters. The van der Waals surface area contributed by atoms with Crippen molar-refractivity contribution in [3.05, 3.63) is 61.6 Å². The highest BCUT2D eigenvalue weighted by Gasteiger charge is 2.14. The molecule has 2 rings (SSSR count). The average molecular weight is 309 g/mol. The molecule has 0 bridgehead atoms. The minimum absolute atomic E-state index is 0.0680. The maximum Gasteiger partial charge on any atom is 0.334 e. The van der Waals surface area contributed by atoms with E-state index in [1.54, 1.807) is 12.1 Å². The molecule has 0 amide bonds. The zero-order valence-corrected chi connectivity index (χ0v) is 12.0. The normalized spacial score (nSPS) is 10.4. The third kappa shape index (κ3) is 3.38. The Balaban J connectivity index is 2.38. The molecule has 0 atom stereocenters. The molecule has 1 N–H and O–H groups in total. The molecule has 0 saturated carbocycles. The van der Waals surface area contributed by atoms with Gasteiger partial charge in [-0.15, -0.1) is 0 Å². The zero-order chi connectivity index (χ0) is 15.4. The van der Waals surface area contributed by atoms with Crippen molar-refractivity contribution in [2.75, 3.05) is 11.9 Å². The van der Waals surface area contributed by atoms with Gasteiger partial charge in [0, 0.05) is 18.8 Å². The third-order valence-corrected chi connectivity index (χ3v) is 3.14. The summed E-state index contributed by atoms with van der Waals surface area (Å²) in [6.45, 7) is 2.70. The smallest absolute Gasteiger partial charge is 0.334 e. The van der Waals surface area contributed by atoms with Crippen molar-refractivity contribution in [1.82, 2.24) is 9.55 Å². The van der Waals surface area contributed by atoms with Crippen molar-refractivity contribution in [2.24, 2.45) is 0 Å². The Hall–Kier alpha value is -2.41. The van der Waals surface area contributed by atoms with Gasteiger partial charge >= 0.3 is 11.2 Å². The van der Waals surface area contributed by atoms with E-state index >= 15 is 0 Å². The Morgan fingerprint density at radius 2 is 2.19 bits per heavy atom. The number of nitrogens with one attached hydrogen (secondary N) is 1. The molecule has 0 saturated heterocycles. The van der Waals surface area contributed by atoms with Crippen molar-refractivity contribution >= 4 is 23.1 Å². The predicted molar refractivity (Wildman–Crippen MR) is 79.9 cm³/mol. The van der Waals surface area contributed by atoms with Crippen LogP contribution in [0.3, 0.4) is 0 Å². The summed E-state index contributed by atoms with van der Waals surface area (Å²) < 4.78 is 1.21. The van der Waals surface area contributed by atoms with E-state index in [4.69, 9.17) is 11.6 Å². The van der Waals surface area contributed by atoms with E-state index in [0.717, 1.165) is 0 Å². The lowest BCUT2D eigenvalue weighted by Gasteiger charge is -2.09. The predicted octanol–water partition coefficient (Wildman–Crippen LogP) is 2.29. The summed E-state index contributed by atoms with van der Waals surface area (Å²) in [6, 6.07) is 6.01. The molecular weight excluding hydrogens is 296 g/mol. The van der Waals surface area contributed by atoms with Crippen molar-refractivity contribution in [1.29, 1.82) is 0 Å². The van der Waals surface area contributed by atoms with Crippen LogP contribution < -0.4 is 10.9 Å². The highest BCUT2D eigenvalue weighted by molar-refractivity contribution is 6.31. The second-order valence-electron chi connectivity index (χ2n) is 4.24. The van der Waals surface area contributed by atoms with E-state index in [1.165, 1.54) is 22.9 Å². The van der Waals surface area contributed by atoms with Crippen LogP contribution in [0.25, 0.3) is 0 Å². The Bertz CT molecular complexity index is 730. The van der Waals surface area contributed by atoms with Crippen molar-refractivity contribution in [3.63, 3.8) is 0 Å². The molecule has 7 nitrogen and oxygen atoms in total. The molecular formula is C13H13ClN4O3. The maximum absolute atomic E-state index is 12.0. The largest absolute Gasteiger partial charge is 0.370 e. The van der Waals surface area contributed by atoms with Gasteiger partial charge in [0.1, 0.15) is 5.82 Å². The van der Waals surface area contributed by atoms with Gasteiger partial charge in [0.05, 0.1) is 22.2 Å². The number of aromatic nitrogens is 2. The van der Waals surface area contributed by atoms with Gasteiger partial charge in [-0.3, -0.25) is 14.9 Å². The van der Waals surface area contributed by atoms with Gasteiger partial charge in [0.15, 0.2) is 0 Å². The topological polar surface area (TPSA) is 90.1 Å². The molecule has 0 radical (unpaired) electrons. The van der Waals surface area contributed by atoms with Gasteiger partial charge in [-0.1, -0.05) is 11.6 Å². The highest BCUT2D eigenvalue weighted by Crippen LogP contribution is 2.17. The summed E-state index contributed by atoms with van der Waals surface area (Å²) in [5.74, 6) is 0.635. The molecule has 0 aromatic carbocycles. The van der Waals surface area contributed by atoms with E-state index in [2.05, 4.69) is 10.3 Å². The van der Waals surface area contributed by atoms with Crippen molar-refractivity contribution in [2.45, 2.75) is 13.5 Å². The van der Waals surface area contributed by atoms with Gasteiger partial charge in [0.2, 0.25) is 0 Å². The monoisotopic (exact) mass is 308 g/mol. The summed E-state index contributed by atoms with van der Waals surface area (Å²) >= 11 is 6.06. The van der Waals surface area contributed by atoms with Crippen LogP contribution in [0.15, 0.2) is 35.3 Å². The number of hydrogen-bond acceptors (Lipinski definition) is 5. The lowest BCUT2D eigenvalue weighted by molar-refractivity contribution is -0.386. The SMILES string of the molecule is CCNc1ccc(Cl)c(Cn2cccc([N+](=O)[O-])c2=O)n1. The Morgan fingerprint density at radius 1 is 1.43 bits per heavy atom. The Morgan fingerprint density at radius 3 is 2.86 bits per heavy atom. The lowest BCUT2D eigenvalue weighted by Crippen LogP contribution is -2.23. The van der Waals surface area contributed by atoms with E-state index < -0.39 is 16.2 Å². The van der Waals surface area contributed by atoms with Gasteiger partial charge in [-0.2, -0.15) is 0 Å². The number of rotatable bonds is 5. The van der Waals surface area contributed by atoms with E-state index in [9.17, 15) is 14.9 Å². The molecule has 0 spiro atoms. The standard InChI is InChI=1S/C13H13ClN4O3/c1-2-15-12-6-5-9(14)10(16-12)8-17-7-3-4-11(13(17)19)18(20)21/h3-7H,2,8H2,1H3,(H,15,16). The minimum atomic E-state index is -0.705. The van der Waals surface area contributed by atoms with Gasteiger partial charge in [-0.25, -0.2) is 4.98 Å². The third-order valence-electron chi connectivity index (χ3n) is 2.79. The van der Waals surface area contributed by atoms with Crippen LogP contribution >= 0.6 is 11.6 Å². The molecule has 0 aliphatic heterocycles. The summed E-state index contributed by atoms with van der Waals surface area (Å²) in [6.07, 6.45) is 1.47. The van der Waals surface area contributed by atoms with E-state index in [1.807, 2.05) is 6.92 Å². The molecule has 0 fully saturated rings. The maximum atomic E-state index is 12.0. The van der Waals surface area contributed by atoms with Crippen LogP contribution in [-0.4, -0.2) is 21.0 Å². The van der Waals surface area contributed by atoms with Crippen LogP contribution in [0.4, 0.5) is 11.5 Å². The Labute approximate surface area is 125 Å². The second-order valence-corrected chi connectivity index (χ2v) is 4.65. The molecule has 8 heteroatoms.